The van der Waals surface area contributed by atoms with Crippen LogP contribution in [-0.4, -0.2) is 24.5 Å². The molecule has 1 aliphatic rings. The molecule has 0 spiro atoms. The molecule has 14 heavy (non-hydrogen) atoms. The molecule has 3 nitrogen and oxygen atoms in total. The number of unbranched alkanes of at least 4 members (excludes halogenated alkanes) is 1. The van der Waals surface area contributed by atoms with E-state index in [1.54, 1.807) is 0 Å². The average molecular weight is 198 g/mol. The summed E-state index contributed by atoms with van der Waals surface area (Å²) in [5, 5.41) is 6.35. The van der Waals surface area contributed by atoms with Gasteiger partial charge in [0, 0.05) is 6.54 Å². The van der Waals surface area contributed by atoms with E-state index < -0.39 is 0 Å². The van der Waals surface area contributed by atoms with Crippen molar-refractivity contribution in [3.05, 3.63) is 0 Å². The minimum atomic E-state index is -0.256. The van der Waals surface area contributed by atoms with Crippen LogP contribution in [0, 0.1) is 0 Å². The van der Waals surface area contributed by atoms with E-state index in [0.29, 0.717) is 0 Å². The van der Waals surface area contributed by atoms with Crippen molar-refractivity contribution in [1.29, 1.82) is 0 Å². The lowest BCUT2D eigenvalue weighted by Crippen LogP contribution is -2.53. The molecule has 1 saturated heterocycles. The number of carbonyl (C=O) groups excluding carboxylic acids is 1. The molecule has 0 aromatic rings. The molecule has 0 aliphatic carbocycles. The van der Waals surface area contributed by atoms with Crippen LogP contribution in [0.25, 0.3) is 0 Å². The molecule has 1 unspecified atom stereocenters. The summed E-state index contributed by atoms with van der Waals surface area (Å²) in [4.78, 5) is 11.9. The van der Waals surface area contributed by atoms with Crippen LogP contribution in [0.3, 0.4) is 0 Å². The van der Waals surface area contributed by atoms with Gasteiger partial charge in [0.15, 0.2) is 0 Å². The molecule has 0 saturated carbocycles. The van der Waals surface area contributed by atoms with Crippen molar-refractivity contribution < 1.29 is 4.79 Å². The van der Waals surface area contributed by atoms with E-state index in [2.05, 4.69) is 24.5 Å². The van der Waals surface area contributed by atoms with Gasteiger partial charge in [0.05, 0.1) is 5.54 Å². The van der Waals surface area contributed by atoms with E-state index in [1.165, 1.54) is 0 Å². The fraction of sp³-hybridized carbons (Fsp3) is 0.909. The molecule has 1 amide bonds. The average Bonchev–Trinajstić information content (AvgIpc) is 2.67. The number of rotatable bonds is 5. The van der Waals surface area contributed by atoms with E-state index >= 15 is 0 Å². The van der Waals surface area contributed by atoms with Gasteiger partial charge in [0.25, 0.3) is 0 Å². The summed E-state index contributed by atoms with van der Waals surface area (Å²) in [6.45, 7) is 6.01. The largest absolute Gasteiger partial charge is 0.354 e. The first kappa shape index (κ1) is 11.5. The van der Waals surface area contributed by atoms with Crippen molar-refractivity contribution >= 4 is 5.91 Å². The Kier molecular flexibility index (Phi) is 4.39. The molecule has 1 atom stereocenters. The van der Waals surface area contributed by atoms with Gasteiger partial charge in [0.1, 0.15) is 0 Å². The summed E-state index contributed by atoms with van der Waals surface area (Å²) in [6, 6.07) is 0. The van der Waals surface area contributed by atoms with E-state index in [4.69, 9.17) is 0 Å². The number of nitrogens with one attached hydrogen (secondary N) is 2. The molecular formula is C11H22N2O. The van der Waals surface area contributed by atoms with E-state index in [-0.39, 0.29) is 11.4 Å². The second-order valence-electron chi connectivity index (χ2n) is 4.08. The fourth-order valence-corrected chi connectivity index (χ4v) is 2.01. The van der Waals surface area contributed by atoms with Crippen molar-refractivity contribution in [2.24, 2.45) is 0 Å². The molecule has 3 heteroatoms. The summed E-state index contributed by atoms with van der Waals surface area (Å²) < 4.78 is 0. The zero-order chi connectivity index (χ0) is 10.4. The summed E-state index contributed by atoms with van der Waals surface area (Å²) in [7, 11) is 0. The van der Waals surface area contributed by atoms with Crippen molar-refractivity contribution in [2.45, 2.75) is 51.5 Å². The highest BCUT2D eigenvalue weighted by atomic mass is 16.2. The fourth-order valence-electron chi connectivity index (χ4n) is 2.01. The Hall–Kier alpha value is -0.570. The van der Waals surface area contributed by atoms with Crippen LogP contribution in [-0.2, 0) is 4.79 Å². The molecule has 0 aromatic heterocycles. The van der Waals surface area contributed by atoms with Crippen LogP contribution in [0.1, 0.15) is 46.0 Å². The molecule has 0 radical (unpaired) electrons. The zero-order valence-corrected chi connectivity index (χ0v) is 9.36. The van der Waals surface area contributed by atoms with Crippen LogP contribution < -0.4 is 10.6 Å². The third kappa shape index (κ3) is 2.47. The molecule has 1 aliphatic heterocycles. The Bertz CT molecular complexity index is 186. The Morgan fingerprint density at radius 1 is 1.50 bits per heavy atom. The van der Waals surface area contributed by atoms with Crippen molar-refractivity contribution in [3.63, 3.8) is 0 Å². The first-order valence-corrected chi connectivity index (χ1v) is 5.78. The number of hydrogen-bond acceptors (Lipinski definition) is 2. The van der Waals surface area contributed by atoms with Crippen LogP contribution in [0.5, 0.6) is 0 Å². The highest BCUT2D eigenvalue weighted by molar-refractivity contribution is 5.86. The van der Waals surface area contributed by atoms with Crippen molar-refractivity contribution in [1.82, 2.24) is 10.6 Å². The summed E-state index contributed by atoms with van der Waals surface area (Å²) in [6.07, 6.45) is 5.21. The first-order chi connectivity index (χ1) is 6.75. The molecule has 1 rings (SSSR count). The Balaban J connectivity index is 2.40. The van der Waals surface area contributed by atoms with Gasteiger partial charge in [-0.15, -0.1) is 0 Å². The molecule has 0 bridgehead atoms. The van der Waals surface area contributed by atoms with E-state index in [0.717, 1.165) is 45.2 Å². The van der Waals surface area contributed by atoms with Crippen LogP contribution in [0.2, 0.25) is 0 Å². The van der Waals surface area contributed by atoms with Gasteiger partial charge < -0.3 is 10.6 Å². The monoisotopic (exact) mass is 198 g/mol. The highest BCUT2D eigenvalue weighted by Crippen LogP contribution is 2.22. The predicted molar refractivity (Wildman–Crippen MR) is 58.2 cm³/mol. The van der Waals surface area contributed by atoms with Gasteiger partial charge in [-0.25, -0.2) is 0 Å². The third-order valence-corrected chi connectivity index (χ3v) is 3.10. The first-order valence-electron chi connectivity index (χ1n) is 5.78. The minimum Gasteiger partial charge on any atom is -0.354 e. The molecule has 82 valence electrons. The number of amides is 1. The summed E-state index contributed by atoms with van der Waals surface area (Å²) in [5.74, 6) is 0.200. The van der Waals surface area contributed by atoms with E-state index in [1.807, 2.05) is 0 Å². The molecule has 1 heterocycles. The van der Waals surface area contributed by atoms with Crippen LogP contribution in [0.15, 0.2) is 0 Å². The summed E-state index contributed by atoms with van der Waals surface area (Å²) in [5.41, 5.74) is -0.256. The topological polar surface area (TPSA) is 41.1 Å². The SMILES string of the molecule is CCCCNC(=O)C1(CC)CCCN1. The smallest absolute Gasteiger partial charge is 0.240 e. The molecular weight excluding hydrogens is 176 g/mol. The lowest BCUT2D eigenvalue weighted by molar-refractivity contribution is -0.127. The predicted octanol–water partition coefficient (Wildman–Crippen LogP) is 1.43. The normalized spacial score (nSPS) is 26.4. The Labute approximate surface area is 86.6 Å². The number of carbonyl (C=O) groups is 1. The minimum absolute atomic E-state index is 0.200. The van der Waals surface area contributed by atoms with Crippen LogP contribution >= 0.6 is 0 Å². The lowest BCUT2D eigenvalue weighted by Gasteiger charge is -2.26. The second-order valence-corrected chi connectivity index (χ2v) is 4.08. The van der Waals surface area contributed by atoms with Crippen molar-refractivity contribution in [3.8, 4) is 0 Å². The quantitative estimate of drug-likeness (QED) is 0.656. The number of hydrogen-bond donors (Lipinski definition) is 2. The Morgan fingerprint density at radius 2 is 2.29 bits per heavy atom. The maximum Gasteiger partial charge on any atom is 0.240 e. The van der Waals surface area contributed by atoms with Crippen molar-refractivity contribution in [2.75, 3.05) is 13.1 Å². The maximum absolute atomic E-state index is 11.9. The van der Waals surface area contributed by atoms with Gasteiger partial charge >= 0.3 is 0 Å². The third-order valence-electron chi connectivity index (χ3n) is 3.10. The standard InChI is InChI=1S/C11H22N2O/c1-3-5-8-12-10(14)11(4-2)7-6-9-13-11/h13H,3-9H2,1-2H3,(H,12,14). The zero-order valence-electron chi connectivity index (χ0n) is 9.36. The lowest BCUT2D eigenvalue weighted by atomic mass is 9.93. The second kappa shape index (κ2) is 5.35. The van der Waals surface area contributed by atoms with Gasteiger partial charge in [-0.2, -0.15) is 0 Å². The van der Waals surface area contributed by atoms with E-state index in [9.17, 15) is 4.79 Å². The molecule has 0 aromatic carbocycles. The Morgan fingerprint density at radius 3 is 2.79 bits per heavy atom. The van der Waals surface area contributed by atoms with Gasteiger partial charge in [-0.3, -0.25) is 4.79 Å². The van der Waals surface area contributed by atoms with Gasteiger partial charge in [-0.05, 0) is 32.2 Å². The molecule has 2 N–H and O–H groups in total. The van der Waals surface area contributed by atoms with Gasteiger partial charge in [-0.1, -0.05) is 20.3 Å². The maximum atomic E-state index is 11.9. The highest BCUT2D eigenvalue weighted by Gasteiger charge is 2.38. The van der Waals surface area contributed by atoms with Crippen LogP contribution in [0.4, 0.5) is 0 Å². The molecule has 1 fully saturated rings. The summed E-state index contributed by atoms with van der Waals surface area (Å²) >= 11 is 0. The van der Waals surface area contributed by atoms with Gasteiger partial charge in [0.2, 0.25) is 5.91 Å².